The summed E-state index contributed by atoms with van der Waals surface area (Å²) in [5, 5.41) is 8.90. The summed E-state index contributed by atoms with van der Waals surface area (Å²) < 4.78 is 6.63. The zero-order chi connectivity index (χ0) is 14.3. The average molecular weight is 330 g/mol. The first-order valence-corrected chi connectivity index (χ1v) is 7.15. The zero-order valence-electron chi connectivity index (χ0n) is 11.3. The van der Waals surface area contributed by atoms with Crippen LogP contribution in [-0.4, -0.2) is 42.2 Å². The molecular formula is C14H20BrNO3. The molecular weight excluding hydrogens is 310 g/mol. The van der Waals surface area contributed by atoms with Crippen molar-refractivity contribution in [2.24, 2.45) is 5.92 Å². The summed E-state index contributed by atoms with van der Waals surface area (Å²) in [5.41, 5.74) is 0. The highest BCUT2D eigenvalue weighted by molar-refractivity contribution is 9.10. The highest BCUT2D eigenvalue weighted by Crippen LogP contribution is 2.17. The van der Waals surface area contributed by atoms with Gasteiger partial charge in [-0.25, -0.2) is 0 Å². The molecule has 106 valence electrons. The zero-order valence-corrected chi connectivity index (χ0v) is 12.9. The van der Waals surface area contributed by atoms with Gasteiger partial charge in [0.25, 0.3) is 0 Å². The summed E-state index contributed by atoms with van der Waals surface area (Å²) >= 11 is 3.39. The molecule has 0 spiro atoms. The molecule has 0 radical (unpaired) electrons. The minimum atomic E-state index is -0.758. The van der Waals surface area contributed by atoms with Crippen molar-refractivity contribution in [3.05, 3.63) is 28.7 Å². The molecule has 0 bridgehead atoms. The average Bonchev–Trinajstić information content (AvgIpc) is 2.37. The third kappa shape index (κ3) is 6.07. The number of benzene rings is 1. The molecule has 1 aromatic rings. The number of carboxylic acids is 1. The van der Waals surface area contributed by atoms with Crippen molar-refractivity contribution < 1.29 is 14.6 Å². The van der Waals surface area contributed by atoms with E-state index in [0.717, 1.165) is 23.3 Å². The van der Waals surface area contributed by atoms with E-state index < -0.39 is 5.97 Å². The molecule has 1 unspecified atom stereocenters. The number of halogens is 1. The number of rotatable bonds is 8. The molecule has 0 aliphatic rings. The summed E-state index contributed by atoms with van der Waals surface area (Å²) in [6, 6.07) is 7.68. The summed E-state index contributed by atoms with van der Waals surface area (Å²) in [6.45, 7) is 6.39. The number of aliphatic carboxylic acids is 1. The van der Waals surface area contributed by atoms with Crippen LogP contribution in [0.3, 0.4) is 0 Å². The molecule has 1 rings (SSSR count). The van der Waals surface area contributed by atoms with E-state index >= 15 is 0 Å². The van der Waals surface area contributed by atoms with Crippen molar-refractivity contribution in [2.45, 2.75) is 13.8 Å². The number of nitrogens with zero attached hydrogens (tertiary/aromatic N) is 1. The van der Waals surface area contributed by atoms with Crippen LogP contribution in [0.1, 0.15) is 13.8 Å². The van der Waals surface area contributed by atoms with Crippen LogP contribution in [-0.2, 0) is 4.79 Å². The predicted octanol–water partition coefficient (Wildman–Crippen LogP) is 2.87. The van der Waals surface area contributed by atoms with Crippen molar-refractivity contribution in [1.82, 2.24) is 4.90 Å². The Morgan fingerprint density at radius 2 is 2.26 bits per heavy atom. The molecule has 0 aliphatic carbocycles. The first-order chi connectivity index (χ1) is 9.02. The largest absolute Gasteiger partial charge is 0.492 e. The SMILES string of the molecule is CCN(CCOc1cccc(Br)c1)CC(C)C(=O)O. The Bertz CT molecular complexity index is 411. The summed E-state index contributed by atoms with van der Waals surface area (Å²) in [7, 11) is 0. The number of carboxylic acid groups (broad SMARTS) is 1. The molecule has 0 aromatic heterocycles. The Morgan fingerprint density at radius 3 is 2.84 bits per heavy atom. The van der Waals surface area contributed by atoms with Crippen molar-refractivity contribution in [2.75, 3.05) is 26.2 Å². The molecule has 5 heteroatoms. The second kappa shape index (κ2) is 8.17. The Hall–Kier alpha value is -1.07. The Labute approximate surface area is 122 Å². The van der Waals surface area contributed by atoms with Gasteiger partial charge in [-0.1, -0.05) is 35.8 Å². The Kier molecular flexibility index (Phi) is 6.87. The second-order valence-electron chi connectivity index (χ2n) is 4.44. The van der Waals surface area contributed by atoms with E-state index in [-0.39, 0.29) is 5.92 Å². The van der Waals surface area contributed by atoms with Crippen LogP contribution in [0.5, 0.6) is 5.75 Å². The maximum atomic E-state index is 10.8. The number of hydrogen-bond donors (Lipinski definition) is 1. The lowest BCUT2D eigenvalue weighted by Gasteiger charge is -2.22. The third-order valence-corrected chi connectivity index (χ3v) is 3.37. The van der Waals surface area contributed by atoms with Crippen LogP contribution >= 0.6 is 15.9 Å². The summed E-state index contributed by atoms with van der Waals surface area (Å²) in [5.74, 6) is -0.297. The number of likely N-dealkylation sites (N-methyl/N-ethyl adjacent to an activating group) is 1. The maximum Gasteiger partial charge on any atom is 0.307 e. The lowest BCUT2D eigenvalue weighted by Crippen LogP contribution is -2.34. The lowest BCUT2D eigenvalue weighted by molar-refractivity contribution is -0.141. The highest BCUT2D eigenvalue weighted by Gasteiger charge is 2.14. The highest BCUT2D eigenvalue weighted by atomic mass is 79.9. The standard InChI is InChI=1S/C14H20BrNO3/c1-3-16(10-11(2)14(17)18)7-8-19-13-6-4-5-12(15)9-13/h4-6,9,11H,3,7-8,10H2,1-2H3,(H,17,18). The first-order valence-electron chi connectivity index (χ1n) is 6.36. The van der Waals surface area contributed by atoms with Crippen molar-refractivity contribution in [3.8, 4) is 5.75 Å². The number of carbonyl (C=O) groups is 1. The van der Waals surface area contributed by atoms with Gasteiger partial charge in [-0.2, -0.15) is 0 Å². The molecule has 0 aliphatic heterocycles. The van der Waals surface area contributed by atoms with Crippen molar-refractivity contribution in [1.29, 1.82) is 0 Å². The molecule has 0 saturated heterocycles. The molecule has 1 N–H and O–H groups in total. The second-order valence-corrected chi connectivity index (χ2v) is 5.35. The van der Waals surface area contributed by atoms with Gasteiger partial charge >= 0.3 is 5.97 Å². The van der Waals surface area contributed by atoms with Gasteiger partial charge in [-0.15, -0.1) is 0 Å². The van der Waals surface area contributed by atoms with E-state index in [4.69, 9.17) is 9.84 Å². The van der Waals surface area contributed by atoms with Gasteiger partial charge in [0.15, 0.2) is 0 Å². The number of ether oxygens (including phenoxy) is 1. The minimum Gasteiger partial charge on any atom is -0.492 e. The van der Waals surface area contributed by atoms with Crippen LogP contribution in [0, 0.1) is 5.92 Å². The Balaban J connectivity index is 2.35. The van der Waals surface area contributed by atoms with E-state index in [2.05, 4.69) is 20.8 Å². The van der Waals surface area contributed by atoms with E-state index in [1.165, 1.54) is 0 Å². The molecule has 0 saturated carbocycles. The lowest BCUT2D eigenvalue weighted by atomic mass is 10.2. The van der Waals surface area contributed by atoms with Gasteiger partial charge in [-0.3, -0.25) is 9.69 Å². The quantitative estimate of drug-likeness (QED) is 0.796. The topological polar surface area (TPSA) is 49.8 Å². The normalized spacial score (nSPS) is 12.4. The Morgan fingerprint density at radius 1 is 1.53 bits per heavy atom. The third-order valence-electron chi connectivity index (χ3n) is 2.87. The van der Waals surface area contributed by atoms with Crippen LogP contribution < -0.4 is 4.74 Å². The van der Waals surface area contributed by atoms with Crippen LogP contribution in [0.4, 0.5) is 0 Å². The monoisotopic (exact) mass is 329 g/mol. The van der Waals surface area contributed by atoms with Gasteiger partial charge in [-0.05, 0) is 24.7 Å². The predicted molar refractivity (Wildman–Crippen MR) is 78.6 cm³/mol. The van der Waals surface area contributed by atoms with E-state index in [0.29, 0.717) is 13.2 Å². The van der Waals surface area contributed by atoms with Crippen molar-refractivity contribution in [3.63, 3.8) is 0 Å². The smallest absolute Gasteiger partial charge is 0.307 e. The van der Waals surface area contributed by atoms with Crippen molar-refractivity contribution >= 4 is 21.9 Å². The van der Waals surface area contributed by atoms with Gasteiger partial charge < -0.3 is 9.84 Å². The number of hydrogen-bond acceptors (Lipinski definition) is 3. The van der Waals surface area contributed by atoms with Gasteiger partial charge in [0, 0.05) is 17.6 Å². The van der Waals surface area contributed by atoms with Crippen LogP contribution in [0.2, 0.25) is 0 Å². The van der Waals surface area contributed by atoms with E-state index in [1.807, 2.05) is 31.2 Å². The molecule has 1 aromatic carbocycles. The fourth-order valence-corrected chi connectivity index (χ4v) is 2.07. The van der Waals surface area contributed by atoms with Gasteiger partial charge in [0.05, 0.1) is 5.92 Å². The van der Waals surface area contributed by atoms with E-state index in [1.54, 1.807) is 6.92 Å². The summed E-state index contributed by atoms with van der Waals surface area (Å²) in [6.07, 6.45) is 0. The van der Waals surface area contributed by atoms with Crippen LogP contribution in [0.15, 0.2) is 28.7 Å². The fraction of sp³-hybridized carbons (Fsp3) is 0.500. The molecule has 0 heterocycles. The van der Waals surface area contributed by atoms with E-state index in [9.17, 15) is 4.79 Å². The fourth-order valence-electron chi connectivity index (χ4n) is 1.69. The van der Waals surface area contributed by atoms with Gasteiger partial charge in [0.1, 0.15) is 12.4 Å². The molecule has 1 atom stereocenters. The van der Waals surface area contributed by atoms with Gasteiger partial charge in [0.2, 0.25) is 0 Å². The molecule has 19 heavy (non-hydrogen) atoms. The molecule has 4 nitrogen and oxygen atoms in total. The molecule has 0 fully saturated rings. The minimum absolute atomic E-state index is 0.356. The molecule has 0 amide bonds. The van der Waals surface area contributed by atoms with Crippen LogP contribution in [0.25, 0.3) is 0 Å². The maximum absolute atomic E-state index is 10.8. The first kappa shape index (κ1) is 16.0. The summed E-state index contributed by atoms with van der Waals surface area (Å²) in [4.78, 5) is 12.9.